The fourth-order valence-corrected chi connectivity index (χ4v) is 1.88. The first-order valence-electron chi connectivity index (χ1n) is 5.58. The maximum atomic E-state index is 12.1. The predicted molar refractivity (Wildman–Crippen MR) is 59.5 cm³/mol. The summed E-state index contributed by atoms with van der Waals surface area (Å²) in [6.45, 7) is -0.250. The number of carbonyl (C=O) groups is 2. The van der Waals surface area contributed by atoms with Gasteiger partial charge in [-0.3, -0.25) is 9.59 Å². The molecule has 92 valence electrons. The molecule has 6 nitrogen and oxygen atoms in total. The highest BCUT2D eigenvalue weighted by Gasteiger charge is 2.31. The lowest BCUT2D eigenvalue weighted by atomic mass is 9.91. The third kappa shape index (κ3) is 2.46. The van der Waals surface area contributed by atoms with E-state index in [0.29, 0.717) is 5.69 Å². The number of rotatable bonds is 4. The van der Waals surface area contributed by atoms with Crippen LogP contribution >= 0.6 is 0 Å². The first kappa shape index (κ1) is 11.6. The Morgan fingerprint density at radius 3 is 2.71 bits per heavy atom. The molecular weight excluding hydrogens is 222 g/mol. The van der Waals surface area contributed by atoms with Gasteiger partial charge in [0.2, 0.25) is 0 Å². The van der Waals surface area contributed by atoms with E-state index in [0.717, 1.165) is 19.3 Å². The van der Waals surface area contributed by atoms with Crippen LogP contribution in [0.2, 0.25) is 0 Å². The van der Waals surface area contributed by atoms with Crippen molar-refractivity contribution in [2.45, 2.75) is 25.3 Å². The average Bonchev–Trinajstić information content (AvgIpc) is 2.59. The van der Waals surface area contributed by atoms with Crippen molar-refractivity contribution in [1.82, 2.24) is 14.5 Å². The summed E-state index contributed by atoms with van der Waals surface area (Å²) >= 11 is 0. The van der Waals surface area contributed by atoms with Crippen molar-refractivity contribution in [2.75, 3.05) is 6.54 Å². The number of carboxylic acid groups (broad SMARTS) is 1. The minimum Gasteiger partial charge on any atom is -0.480 e. The summed E-state index contributed by atoms with van der Waals surface area (Å²) in [4.78, 5) is 28.3. The molecular formula is C11H15N3O3. The molecule has 0 spiro atoms. The minimum absolute atomic E-state index is 0.0561. The molecule has 1 aliphatic carbocycles. The largest absolute Gasteiger partial charge is 0.480 e. The number of aliphatic carboxylic acids is 1. The van der Waals surface area contributed by atoms with Crippen molar-refractivity contribution in [3.05, 3.63) is 18.2 Å². The predicted octanol–water partition coefficient (Wildman–Crippen LogP) is 0.499. The lowest BCUT2D eigenvalue weighted by Crippen LogP contribution is -2.46. The Hall–Kier alpha value is -1.85. The molecule has 0 radical (unpaired) electrons. The zero-order valence-electron chi connectivity index (χ0n) is 9.67. The Morgan fingerprint density at radius 1 is 1.59 bits per heavy atom. The molecule has 1 N–H and O–H groups in total. The minimum atomic E-state index is -0.985. The second-order valence-electron chi connectivity index (χ2n) is 4.34. The van der Waals surface area contributed by atoms with Crippen molar-refractivity contribution in [2.24, 2.45) is 7.05 Å². The number of carboxylic acids is 1. The molecule has 1 aromatic rings. The van der Waals surface area contributed by atoms with Crippen LogP contribution in [0, 0.1) is 0 Å². The van der Waals surface area contributed by atoms with Crippen molar-refractivity contribution in [1.29, 1.82) is 0 Å². The van der Waals surface area contributed by atoms with Gasteiger partial charge in [-0.05, 0) is 19.3 Å². The summed E-state index contributed by atoms with van der Waals surface area (Å²) in [5.74, 6) is -1.28. The molecule has 0 unspecified atom stereocenters. The van der Waals surface area contributed by atoms with Gasteiger partial charge in [0, 0.05) is 19.3 Å². The monoisotopic (exact) mass is 237 g/mol. The Morgan fingerprint density at radius 2 is 2.29 bits per heavy atom. The van der Waals surface area contributed by atoms with Crippen LogP contribution in [0.5, 0.6) is 0 Å². The van der Waals surface area contributed by atoms with E-state index in [9.17, 15) is 9.59 Å². The van der Waals surface area contributed by atoms with E-state index in [4.69, 9.17) is 5.11 Å². The van der Waals surface area contributed by atoms with E-state index in [1.165, 1.54) is 11.2 Å². The van der Waals surface area contributed by atoms with Crippen LogP contribution in [0.4, 0.5) is 0 Å². The van der Waals surface area contributed by atoms with Crippen molar-refractivity contribution in [3.8, 4) is 0 Å². The fraction of sp³-hybridized carbons (Fsp3) is 0.545. The molecule has 0 saturated heterocycles. The average molecular weight is 237 g/mol. The van der Waals surface area contributed by atoms with Crippen LogP contribution in [0.3, 0.4) is 0 Å². The molecule has 2 rings (SSSR count). The third-order valence-corrected chi connectivity index (χ3v) is 3.01. The summed E-state index contributed by atoms with van der Waals surface area (Å²) < 4.78 is 1.67. The lowest BCUT2D eigenvalue weighted by Gasteiger charge is -2.36. The van der Waals surface area contributed by atoms with Crippen molar-refractivity contribution in [3.63, 3.8) is 0 Å². The van der Waals surface area contributed by atoms with E-state index in [1.54, 1.807) is 17.8 Å². The number of aryl methyl sites for hydroxylation is 1. The number of hydrogen-bond acceptors (Lipinski definition) is 3. The Labute approximate surface area is 98.9 Å². The number of nitrogens with zero attached hydrogens (tertiary/aromatic N) is 3. The summed E-state index contributed by atoms with van der Waals surface area (Å²) in [6, 6.07) is 0.0561. The molecule has 0 atom stereocenters. The van der Waals surface area contributed by atoms with Gasteiger partial charge in [0.05, 0.1) is 6.33 Å². The maximum Gasteiger partial charge on any atom is 0.323 e. The fourth-order valence-electron chi connectivity index (χ4n) is 1.88. The molecule has 0 aromatic carbocycles. The molecule has 1 fully saturated rings. The smallest absolute Gasteiger partial charge is 0.323 e. The van der Waals surface area contributed by atoms with Gasteiger partial charge >= 0.3 is 5.97 Å². The van der Waals surface area contributed by atoms with Crippen LogP contribution in [0.15, 0.2) is 12.5 Å². The third-order valence-electron chi connectivity index (χ3n) is 3.01. The molecule has 17 heavy (non-hydrogen) atoms. The van der Waals surface area contributed by atoms with E-state index in [2.05, 4.69) is 4.98 Å². The van der Waals surface area contributed by atoms with Gasteiger partial charge in [0.25, 0.3) is 5.91 Å². The molecule has 1 saturated carbocycles. The lowest BCUT2D eigenvalue weighted by molar-refractivity contribution is -0.138. The van der Waals surface area contributed by atoms with Crippen LogP contribution in [0.1, 0.15) is 29.8 Å². The molecule has 1 aliphatic rings. The number of aromatic nitrogens is 2. The molecule has 0 bridgehead atoms. The summed E-state index contributed by atoms with van der Waals surface area (Å²) in [6.07, 6.45) is 5.96. The standard InChI is InChI=1S/C11H15N3O3/c1-13-5-9(12-7-13)11(17)14(6-10(15)16)8-3-2-4-8/h5,7-8H,2-4,6H2,1H3,(H,15,16). The highest BCUT2D eigenvalue weighted by Crippen LogP contribution is 2.25. The number of carbonyl (C=O) groups excluding carboxylic acids is 1. The zero-order chi connectivity index (χ0) is 12.4. The molecule has 1 aromatic heterocycles. The van der Waals surface area contributed by atoms with Crippen LogP contribution in [0.25, 0.3) is 0 Å². The molecule has 6 heteroatoms. The van der Waals surface area contributed by atoms with Gasteiger partial charge in [0.15, 0.2) is 0 Å². The van der Waals surface area contributed by atoms with Crippen molar-refractivity contribution >= 4 is 11.9 Å². The molecule has 0 aliphatic heterocycles. The van der Waals surface area contributed by atoms with Gasteiger partial charge in [0.1, 0.15) is 12.2 Å². The zero-order valence-corrected chi connectivity index (χ0v) is 9.67. The summed E-state index contributed by atoms with van der Waals surface area (Å²) in [5, 5.41) is 8.83. The quantitative estimate of drug-likeness (QED) is 0.827. The number of hydrogen-bond donors (Lipinski definition) is 1. The van der Waals surface area contributed by atoms with E-state index < -0.39 is 5.97 Å². The normalized spacial score (nSPS) is 15.4. The van der Waals surface area contributed by atoms with Gasteiger partial charge < -0.3 is 14.6 Å². The van der Waals surface area contributed by atoms with Crippen LogP contribution in [-0.2, 0) is 11.8 Å². The number of amides is 1. The van der Waals surface area contributed by atoms with E-state index in [1.807, 2.05) is 0 Å². The molecule has 1 amide bonds. The maximum absolute atomic E-state index is 12.1. The van der Waals surface area contributed by atoms with Crippen molar-refractivity contribution < 1.29 is 14.7 Å². The van der Waals surface area contributed by atoms with E-state index >= 15 is 0 Å². The highest BCUT2D eigenvalue weighted by molar-refractivity contribution is 5.94. The first-order valence-corrected chi connectivity index (χ1v) is 5.58. The Bertz CT molecular complexity index is 437. The summed E-state index contributed by atoms with van der Waals surface area (Å²) in [5.41, 5.74) is 0.306. The number of imidazole rings is 1. The second-order valence-corrected chi connectivity index (χ2v) is 4.34. The summed E-state index contributed by atoms with van der Waals surface area (Å²) in [7, 11) is 1.77. The topological polar surface area (TPSA) is 75.4 Å². The van der Waals surface area contributed by atoms with Crippen LogP contribution in [-0.4, -0.2) is 44.0 Å². The van der Waals surface area contributed by atoms with Gasteiger partial charge in [-0.1, -0.05) is 0 Å². The van der Waals surface area contributed by atoms with Gasteiger partial charge in [-0.25, -0.2) is 4.98 Å². The van der Waals surface area contributed by atoms with E-state index in [-0.39, 0.29) is 18.5 Å². The van der Waals surface area contributed by atoms with Gasteiger partial charge in [-0.15, -0.1) is 0 Å². The highest BCUT2D eigenvalue weighted by atomic mass is 16.4. The Kier molecular flexibility index (Phi) is 3.12. The van der Waals surface area contributed by atoms with Gasteiger partial charge in [-0.2, -0.15) is 0 Å². The van der Waals surface area contributed by atoms with Crippen LogP contribution < -0.4 is 0 Å². The first-order chi connectivity index (χ1) is 8.08. The second kappa shape index (κ2) is 4.57. The Balaban J connectivity index is 2.14. The molecule has 1 heterocycles. The SMILES string of the molecule is Cn1cnc(C(=O)N(CC(=O)O)C2CCC2)c1.